The summed E-state index contributed by atoms with van der Waals surface area (Å²) in [5.41, 5.74) is 9.53. The van der Waals surface area contributed by atoms with Crippen LogP contribution in [0.25, 0.3) is 0 Å². The first-order valence-electron chi connectivity index (χ1n) is 5.81. The molecule has 1 aromatic carbocycles. The minimum Gasteiger partial charge on any atom is -0.399 e. The predicted octanol–water partition coefficient (Wildman–Crippen LogP) is 2.53. The maximum Gasteiger partial charge on any atom is 0.158 e. The maximum absolute atomic E-state index is 5.67. The third-order valence-corrected chi connectivity index (χ3v) is 2.99. The number of hydrogen-bond acceptors (Lipinski definition) is 4. The van der Waals surface area contributed by atoms with Crippen LogP contribution in [0.4, 0.5) is 5.69 Å². The van der Waals surface area contributed by atoms with Crippen molar-refractivity contribution in [3.63, 3.8) is 0 Å². The molecule has 0 fully saturated rings. The average molecular weight is 239 g/mol. The summed E-state index contributed by atoms with van der Waals surface area (Å²) >= 11 is 0. The summed E-state index contributed by atoms with van der Waals surface area (Å²) < 4.78 is 0. The highest BCUT2D eigenvalue weighted by Crippen LogP contribution is 2.29. The van der Waals surface area contributed by atoms with Crippen molar-refractivity contribution in [3.05, 3.63) is 59.9 Å². The van der Waals surface area contributed by atoms with E-state index in [4.69, 9.17) is 10.6 Å². The molecule has 1 aliphatic heterocycles. The number of anilines is 1. The number of hydrogen-bond donors (Lipinski definition) is 1. The molecule has 0 saturated heterocycles. The fourth-order valence-electron chi connectivity index (χ4n) is 1.98. The molecule has 0 spiro atoms. The van der Waals surface area contributed by atoms with Crippen molar-refractivity contribution in [1.82, 2.24) is 4.98 Å². The highest BCUT2D eigenvalue weighted by molar-refractivity contribution is 6.01. The van der Waals surface area contributed by atoms with Gasteiger partial charge in [-0.1, -0.05) is 17.3 Å². The van der Waals surface area contributed by atoms with Gasteiger partial charge in [0.2, 0.25) is 0 Å². The molecule has 2 aromatic rings. The number of benzene rings is 1. The van der Waals surface area contributed by atoms with Crippen LogP contribution in [-0.2, 0) is 4.84 Å². The first-order chi connectivity index (χ1) is 8.83. The Morgan fingerprint density at radius 1 is 1.06 bits per heavy atom. The van der Waals surface area contributed by atoms with Gasteiger partial charge in [-0.05, 0) is 29.8 Å². The number of nitrogens with two attached hydrogens (primary N) is 1. The van der Waals surface area contributed by atoms with Gasteiger partial charge in [0.05, 0.1) is 5.71 Å². The van der Waals surface area contributed by atoms with E-state index in [1.165, 1.54) is 0 Å². The summed E-state index contributed by atoms with van der Waals surface area (Å²) in [7, 11) is 0. The first-order valence-corrected chi connectivity index (χ1v) is 5.81. The number of pyridine rings is 1. The largest absolute Gasteiger partial charge is 0.399 e. The second-order valence-electron chi connectivity index (χ2n) is 4.24. The first kappa shape index (κ1) is 10.8. The average Bonchev–Trinajstić information content (AvgIpc) is 2.90. The van der Waals surface area contributed by atoms with Gasteiger partial charge in [-0.15, -0.1) is 0 Å². The van der Waals surface area contributed by atoms with Gasteiger partial charge in [0, 0.05) is 30.1 Å². The minimum absolute atomic E-state index is 0.0197. The molecule has 0 aliphatic carbocycles. The topological polar surface area (TPSA) is 60.5 Å². The minimum atomic E-state index is -0.0197. The van der Waals surface area contributed by atoms with Gasteiger partial charge in [0.1, 0.15) is 0 Å². The van der Waals surface area contributed by atoms with Crippen molar-refractivity contribution in [2.75, 3.05) is 5.73 Å². The van der Waals surface area contributed by atoms with Crippen molar-refractivity contribution < 1.29 is 4.84 Å². The van der Waals surface area contributed by atoms with Crippen molar-refractivity contribution in [2.24, 2.45) is 5.16 Å². The van der Waals surface area contributed by atoms with Crippen molar-refractivity contribution in [2.45, 2.75) is 12.5 Å². The monoisotopic (exact) mass is 239 g/mol. The molecule has 1 atom stereocenters. The molecule has 0 bridgehead atoms. The standard InChI is InChI=1S/C14H13N3O/c15-12-3-1-11(2-4-12)14-9-13(17-18-14)10-5-7-16-8-6-10/h1-8,14H,9,15H2. The molecule has 0 amide bonds. The molecule has 18 heavy (non-hydrogen) atoms. The molecule has 90 valence electrons. The van der Waals surface area contributed by atoms with Gasteiger partial charge in [-0.2, -0.15) is 0 Å². The van der Waals surface area contributed by atoms with E-state index in [0.717, 1.165) is 28.9 Å². The predicted molar refractivity (Wildman–Crippen MR) is 70.1 cm³/mol. The quantitative estimate of drug-likeness (QED) is 0.819. The summed E-state index contributed by atoms with van der Waals surface area (Å²) in [6.45, 7) is 0. The second kappa shape index (κ2) is 4.49. The summed E-state index contributed by atoms with van der Waals surface area (Å²) in [6, 6.07) is 11.6. The lowest BCUT2D eigenvalue weighted by Gasteiger charge is -2.08. The lowest BCUT2D eigenvalue weighted by molar-refractivity contribution is 0.0857. The SMILES string of the molecule is Nc1ccc(C2CC(c3ccncc3)=NO2)cc1. The highest BCUT2D eigenvalue weighted by atomic mass is 16.6. The van der Waals surface area contributed by atoms with E-state index < -0.39 is 0 Å². The zero-order valence-electron chi connectivity index (χ0n) is 9.78. The summed E-state index contributed by atoms with van der Waals surface area (Å²) in [5.74, 6) is 0. The van der Waals surface area contributed by atoms with Gasteiger partial charge >= 0.3 is 0 Å². The Balaban J connectivity index is 1.76. The molecule has 1 aliphatic rings. The number of nitrogen functional groups attached to an aromatic ring is 1. The van der Waals surface area contributed by atoms with E-state index in [0.29, 0.717) is 0 Å². The van der Waals surface area contributed by atoms with E-state index >= 15 is 0 Å². The highest BCUT2D eigenvalue weighted by Gasteiger charge is 2.23. The molecule has 4 heteroatoms. The van der Waals surface area contributed by atoms with Crippen LogP contribution in [0.1, 0.15) is 23.7 Å². The maximum atomic E-state index is 5.67. The van der Waals surface area contributed by atoms with E-state index in [1.807, 2.05) is 36.4 Å². The Bertz CT molecular complexity index is 563. The molecular weight excluding hydrogens is 226 g/mol. The summed E-state index contributed by atoms with van der Waals surface area (Å²) in [6.07, 6.45) is 4.27. The van der Waals surface area contributed by atoms with E-state index in [-0.39, 0.29) is 6.10 Å². The Kier molecular flexibility index (Phi) is 2.68. The zero-order valence-corrected chi connectivity index (χ0v) is 9.78. The Morgan fingerprint density at radius 3 is 2.50 bits per heavy atom. The van der Waals surface area contributed by atoms with E-state index in [2.05, 4.69) is 10.1 Å². The fraction of sp³-hybridized carbons (Fsp3) is 0.143. The number of aromatic nitrogens is 1. The van der Waals surface area contributed by atoms with Gasteiger partial charge < -0.3 is 10.6 Å². The Hall–Kier alpha value is -2.36. The molecule has 2 N–H and O–H groups in total. The fourth-order valence-corrected chi connectivity index (χ4v) is 1.98. The molecular formula is C14H13N3O. The van der Waals surface area contributed by atoms with Crippen LogP contribution in [0.5, 0.6) is 0 Å². The number of oxime groups is 1. The third kappa shape index (κ3) is 2.05. The molecule has 0 radical (unpaired) electrons. The summed E-state index contributed by atoms with van der Waals surface area (Å²) in [5, 5.41) is 4.14. The molecule has 1 aromatic heterocycles. The van der Waals surface area contributed by atoms with Crippen LogP contribution < -0.4 is 5.73 Å². The van der Waals surface area contributed by atoms with Crippen molar-refractivity contribution in [3.8, 4) is 0 Å². The number of rotatable bonds is 2. The van der Waals surface area contributed by atoms with Crippen LogP contribution >= 0.6 is 0 Å². The molecule has 4 nitrogen and oxygen atoms in total. The number of nitrogens with zero attached hydrogens (tertiary/aromatic N) is 2. The molecule has 2 heterocycles. The van der Waals surface area contributed by atoms with Crippen LogP contribution in [0.3, 0.4) is 0 Å². The van der Waals surface area contributed by atoms with Gasteiger partial charge in [-0.25, -0.2) is 0 Å². The van der Waals surface area contributed by atoms with Crippen LogP contribution in [0.15, 0.2) is 53.9 Å². The smallest absolute Gasteiger partial charge is 0.158 e. The van der Waals surface area contributed by atoms with E-state index in [9.17, 15) is 0 Å². The Morgan fingerprint density at radius 2 is 1.78 bits per heavy atom. The Labute approximate surface area is 105 Å². The lowest BCUT2D eigenvalue weighted by Crippen LogP contribution is -2.01. The van der Waals surface area contributed by atoms with Gasteiger partial charge in [-0.3, -0.25) is 4.98 Å². The van der Waals surface area contributed by atoms with Gasteiger partial charge in [0.15, 0.2) is 6.10 Å². The zero-order chi connectivity index (χ0) is 12.4. The molecule has 1 unspecified atom stereocenters. The second-order valence-corrected chi connectivity index (χ2v) is 4.24. The van der Waals surface area contributed by atoms with Crippen molar-refractivity contribution >= 4 is 11.4 Å². The summed E-state index contributed by atoms with van der Waals surface area (Å²) in [4.78, 5) is 9.47. The molecule has 0 saturated carbocycles. The lowest BCUT2D eigenvalue weighted by atomic mass is 10.0. The molecule has 3 rings (SSSR count). The van der Waals surface area contributed by atoms with Crippen LogP contribution in [-0.4, -0.2) is 10.7 Å². The normalized spacial score (nSPS) is 18.2. The van der Waals surface area contributed by atoms with Crippen LogP contribution in [0, 0.1) is 0 Å². The third-order valence-electron chi connectivity index (χ3n) is 2.99. The van der Waals surface area contributed by atoms with Crippen LogP contribution in [0.2, 0.25) is 0 Å². The van der Waals surface area contributed by atoms with Crippen molar-refractivity contribution in [1.29, 1.82) is 0 Å². The van der Waals surface area contributed by atoms with E-state index in [1.54, 1.807) is 12.4 Å². The van der Waals surface area contributed by atoms with Gasteiger partial charge in [0.25, 0.3) is 0 Å².